The Hall–Kier alpha value is -1.86. The highest BCUT2D eigenvalue weighted by molar-refractivity contribution is 6.32. The SMILES string of the molecule is CC[NH+]1CCN(C(=O)[C@H](C)Oc2ccc([N+](=O)[O-])cc2Cl)CC1. The van der Waals surface area contributed by atoms with Crippen molar-refractivity contribution in [2.24, 2.45) is 0 Å². The van der Waals surface area contributed by atoms with Crippen LogP contribution >= 0.6 is 11.6 Å². The molecule has 1 atom stereocenters. The van der Waals surface area contributed by atoms with E-state index in [0.717, 1.165) is 19.6 Å². The number of carbonyl (C=O) groups is 1. The van der Waals surface area contributed by atoms with Crippen molar-refractivity contribution in [1.29, 1.82) is 0 Å². The molecule has 1 aliphatic heterocycles. The van der Waals surface area contributed by atoms with Gasteiger partial charge in [0.1, 0.15) is 5.75 Å². The molecule has 0 radical (unpaired) electrons. The van der Waals surface area contributed by atoms with Crippen LogP contribution in [0.1, 0.15) is 13.8 Å². The molecule has 1 saturated heterocycles. The van der Waals surface area contributed by atoms with E-state index < -0.39 is 11.0 Å². The molecule has 1 aromatic rings. The number of piperazine rings is 1. The molecule has 1 aromatic carbocycles. The average Bonchev–Trinajstić information content (AvgIpc) is 2.55. The fourth-order valence-electron chi connectivity index (χ4n) is 2.59. The number of non-ortho nitro benzene ring substituents is 1. The van der Waals surface area contributed by atoms with Crippen molar-refractivity contribution in [2.75, 3.05) is 32.7 Å². The number of hydrogen-bond donors (Lipinski definition) is 1. The number of likely N-dealkylation sites (N-methyl/N-ethyl adjacent to an activating group) is 1. The summed E-state index contributed by atoms with van der Waals surface area (Å²) in [6, 6.07) is 3.95. The van der Waals surface area contributed by atoms with Gasteiger partial charge >= 0.3 is 0 Å². The quantitative estimate of drug-likeness (QED) is 0.633. The van der Waals surface area contributed by atoms with Crippen LogP contribution in [0.5, 0.6) is 5.75 Å². The minimum absolute atomic E-state index is 0.0884. The van der Waals surface area contributed by atoms with Gasteiger partial charge in [-0.3, -0.25) is 14.9 Å². The second-order valence-electron chi connectivity index (χ2n) is 5.56. The minimum Gasteiger partial charge on any atom is -0.479 e. The van der Waals surface area contributed by atoms with Gasteiger partial charge in [-0.1, -0.05) is 11.6 Å². The van der Waals surface area contributed by atoms with Gasteiger partial charge in [-0.2, -0.15) is 0 Å². The normalized spacial score (nSPS) is 16.9. The van der Waals surface area contributed by atoms with E-state index in [4.69, 9.17) is 16.3 Å². The van der Waals surface area contributed by atoms with Crippen LogP contribution in [0.3, 0.4) is 0 Å². The van der Waals surface area contributed by atoms with E-state index >= 15 is 0 Å². The second-order valence-corrected chi connectivity index (χ2v) is 5.97. The van der Waals surface area contributed by atoms with E-state index in [-0.39, 0.29) is 22.4 Å². The topological polar surface area (TPSA) is 77.1 Å². The second kappa shape index (κ2) is 7.61. The molecule has 0 aromatic heterocycles. The lowest BCUT2D eigenvalue weighted by Gasteiger charge is -2.33. The summed E-state index contributed by atoms with van der Waals surface area (Å²) in [7, 11) is 0. The molecule has 1 aliphatic rings. The van der Waals surface area contributed by atoms with Crippen molar-refractivity contribution < 1.29 is 19.4 Å². The first-order chi connectivity index (χ1) is 10.9. The van der Waals surface area contributed by atoms with Crippen LogP contribution in [0.25, 0.3) is 0 Å². The molecule has 0 bridgehead atoms. The number of halogens is 1. The van der Waals surface area contributed by atoms with Crippen LogP contribution in [0.4, 0.5) is 5.69 Å². The number of rotatable bonds is 5. The Kier molecular flexibility index (Phi) is 5.79. The Morgan fingerprint density at radius 1 is 1.48 bits per heavy atom. The van der Waals surface area contributed by atoms with Crippen LogP contribution in [-0.4, -0.2) is 54.6 Å². The predicted octanol–water partition coefficient (Wildman–Crippen LogP) is 0.763. The number of nitro benzene ring substituents is 1. The van der Waals surface area contributed by atoms with Crippen LogP contribution in [0, 0.1) is 10.1 Å². The number of ether oxygens (including phenoxy) is 1. The van der Waals surface area contributed by atoms with Crippen molar-refractivity contribution in [1.82, 2.24) is 4.90 Å². The Morgan fingerprint density at radius 2 is 2.13 bits per heavy atom. The maximum atomic E-state index is 12.4. The predicted molar refractivity (Wildman–Crippen MR) is 86.0 cm³/mol. The lowest BCUT2D eigenvalue weighted by atomic mass is 10.2. The monoisotopic (exact) mass is 342 g/mol. The zero-order valence-electron chi connectivity index (χ0n) is 13.3. The van der Waals surface area contributed by atoms with E-state index in [1.54, 1.807) is 11.8 Å². The van der Waals surface area contributed by atoms with Crippen LogP contribution in [-0.2, 0) is 4.79 Å². The number of nitrogens with zero attached hydrogens (tertiary/aromatic N) is 2. The molecular formula is C15H21ClN3O4+. The molecule has 2 rings (SSSR count). The van der Waals surface area contributed by atoms with Crippen LogP contribution < -0.4 is 9.64 Å². The molecule has 126 valence electrons. The van der Waals surface area contributed by atoms with Crippen LogP contribution in [0.2, 0.25) is 5.02 Å². The molecule has 1 amide bonds. The summed E-state index contributed by atoms with van der Waals surface area (Å²) in [6.45, 7) is 8.16. The number of nitrogens with one attached hydrogen (secondary N) is 1. The van der Waals surface area contributed by atoms with E-state index in [1.807, 2.05) is 0 Å². The Morgan fingerprint density at radius 3 is 2.65 bits per heavy atom. The maximum Gasteiger partial charge on any atom is 0.271 e. The lowest BCUT2D eigenvalue weighted by Crippen LogP contribution is -3.14. The fraction of sp³-hybridized carbons (Fsp3) is 0.533. The van der Waals surface area contributed by atoms with Gasteiger partial charge in [-0.15, -0.1) is 0 Å². The molecule has 0 spiro atoms. The molecule has 0 aliphatic carbocycles. The van der Waals surface area contributed by atoms with Gasteiger partial charge in [-0.25, -0.2) is 0 Å². The molecule has 8 heteroatoms. The third kappa shape index (κ3) is 4.33. The zero-order chi connectivity index (χ0) is 17.0. The smallest absolute Gasteiger partial charge is 0.271 e. The first-order valence-electron chi connectivity index (χ1n) is 7.65. The van der Waals surface area contributed by atoms with Gasteiger partial charge in [0, 0.05) is 12.1 Å². The fourth-order valence-corrected chi connectivity index (χ4v) is 2.81. The maximum absolute atomic E-state index is 12.4. The molecule has 7 nitrogen and oxygen atoms in total. The summed E-state index contributed by atoms with van der Waals surface area (Å²) in [5, 5.41) is 10.8. The van der Waals surface area contributed by atoms with Crippen molar-refractivity contribution in [2.45, 2.75) is 20.0 Å². The van der Waals surface area contributed by atoms with Gasteiger partial charge < -0.3 is 14.5 Å². The van der Waals surface area contributed by atoms with Gasteiger partial charge in [0.05, 0.1) is 42.7 Å². The molecule has 0 saturated carbocycles. The third-order valence-corrected chi connectivity index (χ3v) is 4.36. The summed E-state index contributed by atoms with van der Waals surface area (Å²) < 4.78 is 5.60. The lowest BCUT2D eigenvalue weighted by molar-refractivity contribution is -0.902. The van der Waals surface area contributed by atoms with E-state index in [1.165, 1.54) is 23.1 Å². The van der Waals surface area contributed by atoms with E-state index in [9.17, 15) is 14.9 Å². The largest absolute Gasteiger partial charge is 0.479 e. The van der Waals surface area contributed by atoms with Crippen LogP contribution in [0.15, 0.2) is 18.2 Å². The zero-order valence-corrected chi connectivity index (χ0v) is 14.0. The molecule has 1 N–H and O–H groups in total. The van der Waals surface area contributed by atoms with E-state index in [0.29, 0.717) is 13.1 Å². The highest BCUT2D eigenvalue weighted by Gasteiger charge is 2.27. The number of benzene rings is 1. The summed E-state index contributed by atoms with van der Waals surface area (Å²) in [4.78, 5) is 25.9. The van der Waals surface area contributed by atoms with Crippen molar-refractivity contribution in [3.05, 3.63) is 33.3 Å². The molecule has 0 unspecified atom stereocenters. The van der Waals surface area contributed by atoms with Gasteiger partial charge in [0.25, 0.3) is 11.6 Å². The highest BCUT2D eigenvalue weighted by Crippen LogP contribution is 2.29. The molecule has 1 heterocycles. The first-order valence-corrected chi connectivity index (χ1v) is 8.03. The van der Waals surface area contributed by atoms with Gasteiger partial charge in [-0.05, 0) is 19.9 Å². The molecular weight excluding hydrogens is 322 g/mol. The number of nitro groups is 1. The summed E-state index contributed by atoms with van der Waals surface area (Å²) in [5.41, 5.74) is -0.111. The molecule has 23 heavy (non-hydrogen) atoms. The number of carbonyl (C=O) groups excluding carboxylic acids is 1. The third-order valence-electron chi connectivity index (χ3n) is 4.06. The Labute approximate surface area is 139 Å². The molecule has 1 fully saturated rings. The standard InChI is InChI=1S/C15H20ClN3O4/c1-3-17-6-8-18(9-7-17)15(20)11(2)23-14-5-4-12(19(21)22)10-13(14)16/h4-5,10-11H,3,6-9H2,1-2H3/p+1/t11-/m0/s1. The van der Waals surface area contributed by atoms with Gasteiger partial charge in [0.15, 0.2) is 6.10 Å². The summed E-state index contributed by atoms with van der Waals surface area (Å²) in [6.07, 6.45) is -0.683. The van der Waals surface area contributed by atoms with Gasteiger partial charge in [0.2, 0.25) is 0 Å². The Balaban J connectivity index is 1.97. The average molecular weight is 343 g/mol. The summed E-state index contributed by atoms with van der Waals surface area (Å²) in [5.74, 6) is 0.186. The Bertz CT molecular complexity index is 588. The summed E-state index contributed by atoms with van der Waals surface area (Å²) >= 11 is 5.99. The van der Waals surface area contributed by atoms with Crippen molar-refractivity contribution >= 4 is 23.2 Å². The van der Waals surface area contributed by atoms with E-state index in [2.05, 4.69) is 6.92 Å². The highest BCUT2D eigenvalue weighted by atomic mass is 35.5. The minimum atomic E-state index is -0.683. The van der Waals surface area contributed by atoms with Crippen molar-refractivity contribution in [3.63, 3.8) is 0 Å². The first kappa shape index (κ1) is 17.5. The number of quaternary nitrogens is 1. The number of hydrogen-bond acceptors (Lipinski definition) is 4. The van der Waals surface area contributed by atoms with Crippen molar-refractivity contribution in [3.8, 4) is 5.75 Å². The number of amides is 1.